The highest BCUT2D eigenvalue weighted by Gasteiger charge is 2.43. The van der Waals surface area contributed by atoms with E-state index in [1.165, 1.54) is 32.1 Å². The van der Waals surface area contributed by atoms with Gasteiger partial charge in [-0.1, -0.05) is 6.92 Å². The van der Waals surface area contributed by atoms with Crippen LogP contribution in [0.2, 0.25) is 0 Å². The van der Waals surface area contributed by atoms with Crippen molar-refractivity contribution in [3.8, 4) is 0 Å². The summed E-state index contributed by atoms with van der Waals surface area (Å²) in [4.78, 5) is 2.72. The molecule has 3 rings (SSSR count). The van der Waals surface area contributed by atoms with Crippen molar-refractivity contribution >= 4 is 0 Å². The van der Waals surface area contributed by atoms with Crippen LogP contribution >= 0.6 is 0 Å². The Balaban J connectivity index is 1.67. The van der Waals surface area contributed by atoms with Crippen molar-refractivity contribution < 1.29 is 4.42 Å². The van der Waals surface area contributed by atoms with Crippen LogP contribution in [0.4, 0.5) is 0 Å². The molecule has 0 radical (unpaired) electrons. The third-order valence-corrected chi connectivity index (χ3v) is 5.09. The summed E-state index contributed by atoms with van der Waals surface area (Å²) >= 11 is 0. The summed E-state index contributed by atoms with van der Waals surface area (Å²) in [6, 6.07) is 6.87. The van der Waals surface area contributed by atoms with Gasteiger partial charge in [0.25, 0.3) is 0 Å². The SMILES string of the molecule is CCCNC1CC2CCC(C1)N2C(C)c1ccc(C)o1. The first-order chi connectivity index (χ1) is 9.69. The van der Waals surface area contributed by atoms with Crippen LogP contribution in [0.3, 0.4) is 0 Å². The molecule has 3 atom stereocenters. The fourth-order valence-electron chi connectivity index (χ4n) is 4.19. The molecule has 0 saturated carbocycles. The minimum atomic E-state index is 0.424. The number of aryl methyl sites for hydroxylation is 1. The number of hydrogen-bond acceptors (Lipinski definition) is 3. The molecule has 2 fully saturated rings. The number of rotatable bonds is 5. The topological polar surface area (TPSA) is 28.4 Å². The number of furan rings is 1. The molecule has 1 aromatic rings. The van der Waals surface area contributed by atoms with Crippen LogP contribution in [-0.2, 0) is 0 Å². The van der Waals surface area contributed by atoms with E-state index in [1.807, 2.05) is 6.92 Å². The number of nitrogens with zero attached hydrogens (tertiary/aromatic N) is 1. The molecule has 2 aliphatic rings. The molecule has 2 bridgehead atoms. The third kappa shape index (κ3) is 2.66. The largest absolute Gasteiger partial charge is 0.465 e. The van der Waals surface area contributed by atoms with Crippen molar-refractivity contribution in [1.82, 2.24) is 10.2 Å². The smallest absolute Gasteiger partial charge is 0.121 e. The molecule has 3 heterocycles. The molecule has 1 aromatic heterocycles. The Morgan fingerprint density at radius 2 is 2.00 bits per heavy atom. The molecule has 0 aromatic carbocycles. The first-order valence-corrected chi connectivity index (χ1v) is 8.26. The van der Waals surface area contributed by atoms with Gasteiger partial charge in [-0.2, -0.15) is 0 Å². The van der Waals surface area contributed by atoms with Crippen molar-refractivity contribution in [2.45, 2.75) is 77.0 Å². The van der Waals surface area contributed by atoms with E-state index in [9.17, 15) is 0 Å². The Labute approximate surface area is 122 Å². The number of nitrogens with one attached hydrogen (secondary N) is 1. The van der Waals surface area contributed by atoms with Crippen LogP contribution in [0.1, 0.15) is 63.5 Å². The van der Waals surface area contributed by atoms with Crippen molar-refractivity contribution in [2.75, 3.05) is 6.54 Å². The summed E-state index contributed by atoms with van der Waals surface area (Å²) in [5.41, 5.74) is 0. The van der Waals surface area contributed by atoms with Crippen LogP contribution in [-0.4, -0.2) is 29.6 Å². The summed E-state index contributed by atoms with van der Waals surface area (Å²) in [6.45, 7) is 7.75. The lowest BCUT2D eigenvalue weighted by atomic mass is 9.95. The highest BCUT2D eigenvalue weighted by atomic mass is 16.3. The van der Waals surface area contributed by atoms with Crippen LogP contribution in [0, 0.1) is 6.92 Å². The van der Waals surface area contributed by atoms with Crippen LogP contribution in [0.15, 0.2) is 16.5 Å². The van der Waals surface area contributed by atoms with Gasteiger partial charge in [0.15, 0.2) is 0 Å². The maximum Gasteiger partial charge on any atom is 0.121 e. The van der Waals surface area contributed by atoms with Gasteiger partial charge in [-0.25, -0.2) is 0 Å². The second-order valence-electron chi connectivity index (χ2n) is 6.58. The lowest BCUT2D eigenvalue weighted by Crippen LogP contribution is -2.49. The Kier molecular flexibility index (Phi) is 4.18. The zero-order valence-corrected chi connectivity index (χ0v) is 13.1. The third-order valence-electron chi connectivity index (χ3n) is 5.09. The van der Waals surface area contributed by atoms with E-state index < -0.39 is 0 Å². The monoisotopic (exact) mass is 276 g/mol. The second-order valence-corrected chi connectivity index (χ2v) is 6.58. The van der Waals surface area contributed by atoms with Crippen molar-refractivity contribution in [3.63, 3.8) is 0 Å². The summed E-state index contributed by atoms with van der Waals surface area (Å²) in [7, 11) is 0. The molecule has 2 aliphatic heterocycles. The molecule has 3 nitrogen and oxygen atoms in total. The maximum atomic E-state index is 5.86. The number of hydrogen-bond donors (Lipinski definition) is 1. The highest BCUT2D eigenvalue weighted by Crippen LogP contribution is 2.41. The molecule has 0 amide bonds. The average Bonchev–Trinajstić information content (AvgIpc) is 2.98. The summed E-state index contributed by atoms with van der Waals surface area (Å²) < 4.78 is 5.86. The normalized spacial score (nSPS) is 31.6. The van der Waals surface area contributed by atoms with Gasteiger partial charge in [-0.15, -0.1) is 0 Å². The molecule has 2 saturated heterocycles. The van der Waals surface area contributed by atoms with Gasteiger partial charge in [0.2, 0.25) is 0 Å². The molecule has 3 heteroatoms. The van der Waals surface area contributed by atoms with Gasteiger partial charge in [0.1, 0.15) is 11.5 Å². The van der Waals surface area contributed by atoms with E-state index in [0.29, 0.717) is 6.04 Å². The van der Waals surface area contributed by atoms with E-state index >= 15 is 0 Å². The molecule has 20 heavy (non-hydrogen) atoms. The fraction of sp³-hybridized carbons (Fsp3) is 0.765. The molecular formula is C17H28N2O. The molecule has 1 N–H and O–H groups in total. The first kappa shape index (κ1) is 14.2. The van der Waals surface area contributed by atoms with E-state index in [1.54, 1.807) is 0 Å². The molecule has 0 spiro atoms. The lowest BCUT2D eigenvalue weighted by Gasteiger charge is -2.42. The van der Waals surface area contributed by atoms with E-state index in [0.717, 1.165) is 36.2 Å². The predicted molar refractivity (Wildman–Crippen MR) is 81.8 cm³/mol. The Morgan fingerprint density at radius 1 is 1.30 bits per heavy atom. The Hall–Kier alpha value is -0.800. The van der Waals surface area contributed by atoms with Crippen molar-refractivity contribution in [2.24, 2.45) is 0 Å². The summed E-state index contributed by atoms with van der Waals surface area (Å²) in [5.74, 6) is 2.16. The molecule has 112 valence electrons. The van der Waals surface area contributed by atoms with Crippen LogP contribution in [0.25, 0.3) is 0 Å². The predicted octanol–water partition coefficient (Wildman–Crippen LogP) is 3.64. The van der Waals surface area contributed by atoms with E-state index in [2.05, 4.69) is 36.2 Å². The van der Waals surface area contributed by atoms with E-state index in [4.69, 9.17) is 4.42 Å². The molecule has 0 aliphatic carbocycles. The zero-order chi connectivity index (χ0) is 14.1. The molecular weight excluding hydrogens is 248 g/mol. The van der Waals surface area contributed by atoms with Crippen molar-refractivity contribution in [1.29, 1.82) is 0 Å². The van der Waals surface area contributed by atoms with Crippen molar-refractivity contribution in [3.05, 3.63) is 23.7 Å². The second kappa shape index (κ2) is 5.90. The van der Waals surface area contributed by atoms with Gasteiger partial charge in [0.05, 0.1) is 6.04 Å². The van der Waals surface area contributed by atoms with Crippen LogP contribution < -0.4 is 5.32 Å². The van der Waals surface area contributed by atoms with Gasteiger partial charge in [-0.3, -0.25) is 4.90 Å². The maximum absolute atomic E-state index is 5.86. The number of fused-ring (bicyclic) bond motifs is 2. The Bertz CT molecular complexity index is 428. The average molecular weight is 276 g/mol. The minimum Gasteiger partial charge on any atom is -0.465 e. The van der Waals surface area contributed by atoms with Gasteiger partial charge < -0.3 is 9.73 Å². The van der Waals surface area contributed by atoms with E-state index in [-0.39, 0.29) is 0 Å². The standard InChI is InChI=1S/C17H28N2O/c1-4-9-18-14-10-15-6-7-16(11-14)19(15)13(3)17-8-5-12(2)20-17/h5,8,13-16,18H,4,6-7,9-11H2,1-3H3. The number of piperidine rings is 1. The fourth-order valence-corrected chi connectivity index (χ4v) is 4.19. The summed E-state index contributed by atoms with van der Waals surface area (Å²) in [5, 5.41) is 3.73. The van der Waals surface area contributed by atoms with Gasteiger partial charge in [-0.05, 0) is 64.6 Å². The quantitative estimate of drug-likeness (QED) is 0.890. The highest BCUT2D eigenvalue weighted by molar-refractivity contribution is 5.12. The minimum absolute atomic E-state index is 0.424. The lowest BCUT2D eigenvalue weighted by molar-refractivity contribution is 0.0669. The van der Waals surface area contributed by atoms with Gasteiger partial charge >= 0.3 is 0 Å². The van der Waals surface area contributed by atoms with Gasteiger partial charge in [0, 0.05) is 18.1 Å². The summed E-state index contributed by atoms with van der Waals surface area (Å²) in [6.07, 6.45) is 6.57. The first-order valence-electron chi connectivity index (χ1n) is 8.26. The molecule has 3 unspecified atom stereocenters. The zero-order valence-electron chi connectivity index (χ0n) is 13.1. The van der Waals surface area contributed by atoms with Crippen LogP contribution in [0.5, 0.6) is 0 Å². The Morgan fingerprint density at radius 3 is 2.55 bits per heavy atom.